The normalized spacial score (nSPS) is 11.3. The summed E-state index contributed by atoms with van der Waals surface area (Å²) in [6.07, 6.45) is 1.81. The standard InChI is InChI=1S/C13H15FN2O2/c1-3-7(4-2)12-15-10-6-8(14)5-9(13(17)18)11(10)16-12/h5-7H,3-4H2,1-2H3,(H,15,16)(H,17,18). The van der Waals surface area contributed by atoms with Crippen LogP contribution in [0, 0.1) is 5.82 Å². The Morgan fingerprint density at radius 2 is 2.11 bits per heavy atom. The number of halogens is 1. The monoisotopic (exact) mass is 250 g/mol. The van der Waals surface area contributed by atoms with Gasteiger partial charge < -0.3 is 10.1 Å². The van der Waals surface area contributed by atoms with E-state index in [0.717, 1.165) is 24.7 Å². The van der Waals surface area contributed by atoms with Crippen molar-refractivity contribution in [2.24, 2.45) is 0 Å². The first kappa shape index (κ1) is 12.5. The number of aromatic amines is 1. The number of carboxylic acid groups (broad SMARTS) is 1. The van der Waals surface area contributed by atoms with Crippen LogP contribution in [-0.2, 0) is 0 Å². The molecule has 0 spiro atoms. The van der Waals surface area contributed by atoms with Crippen molar-refractivity contribution in [3.63, 3.8) is 0 Å². The predicted octanol–water partition coefficient (Wildman–Crippen LogP) is 3.30. The molecule has 2 aromatic rings. The molecular formula is C13H15FN2O2. The molecule has 0 radical (unpaired) electrons. The first-order valence-corrected chi connectivity index (χ1v) is 5.99. The van der Waals surface area contributed by atoms with Crippen molar-refractivity contribution in [3.8, 4) is 0 Å². The molecule has 0 saturated carbocycles. The number of H-pyrrole nitrogens is 1. The van der Waals surface area contributed by atoms with E-state index >= 15 is 0 Å². The summed E-state index contributed by atoms with van der Waals surface area (Å²) < 4.78 is 13.3. The Balaban J connectivity index is 2.63. The van der Waals surface area contributed by atoms with Crippen molar-refractivity contribution in [1.29, 1.82) is 0 Å². The average Bonchev–Trinajstić information content (AvgIpc) is 2.72. The molecule has 0 aliphatic carbocycles. The first-order chi connectivity index (χ1) is 8.56. The van der Waals surface area contributed by atoms with Gasteiger partial charge in [0.25, 0.3) is 0 Å². The third-order valence-electron chi connectivity index (χ3n) is 3.17. The van der Waals surface area contributed by atoms with Crippen molar-refractivity contribution < 1.29 is 14.3 Å². The van der Waals surface area contributed by atoms with Gasteiger partial charge in [-0.1, -0.05) is 13.8 Å². The predicted molar refractivity (Wildman–Crippen MR) is 66.3 cm³/mol. The Morgan fingerprint density at radius 1 is 1.44 bits per heavy atom. The lowest BCUT2D eigenvalue weighted by atomic mass is 10.0. The zero-order chi connectivity index (χ0) is 13.3. The van der Waals surface area contributed by atoms with Gasteiger partial charge in [-0.05, 0) is 25.0 Å². The summed E-state index contributed by atoms with van der Waals surface area (Å²) in [6, 6.07) is 2.28. The number of carboxylic acids is 1. The third-order valence-corrected chi connectivity index (χ3v) is 3.17. The Kier molecular flexibility index (Phi) is 3.32. The van der Waals surface area contributed by atoms with Crippen molar-refractivity contribution in [1.82, 2.24) is 9.97 Å². The van der Waals surface area contributed by atoms with E-state index in [0.29, 0.717) is 11.0 Å². The minimum Gasteiger partial charge on any atom is -0.478 e. The van der Waals surface area contributed by atoms with Crippen LogP contribution in [0.1, 0.15) is 48.8 Å². The number of carbonyl (C=O) groups is 1. The van der Waals surface area contributed by atoms with Crippen LogP contribution in [0.4, 0.5) is 4.39 Å². The van der Waals surface area contributed by atoms with Gasteiger partial charge in [0.15, 0.2) is 0 Å². The fourth-order valence-electron chi connectivity index (χ4n) is 2.13. The summed E-state index contributed by atoms with van der Waals surface area (Å²) in [7, 11) is 0. The topological polar surface area (TPSA) is 66.0 Å². The number of nitrogens with one attached hydrogen (secondary N) is 1. The Hall–Kier alpha value is -1.91. The number of benzene rings is 1. The van der Waals surface area contributed by atoms with Crippen LogP contribution in [0.2, 0.25) is 0 Å². The van der Waals surface area contributed by atoms with E-state index in [4.69, 9.17) is 5.11 Å². The van der Waals surface area contributed by atoms with E-state index in [1.807, 2.05) is 13.8 Å². The molecule has 1 aromatic heterocycles. The molecule has 96 valence electrons. The second-order valence-corrected chi connectivity index (χ2v) is 4.29. The number of rotatable bonds is 4. The quantitative estimate of drug-likeness (QED) is 0.874. The highest BCUT2D eigenvalue weighted by molar-refractivity contribution is 6.01. The SMILES string of the molecule is CCC(CC)c1nc2c(C(=O)O)cc(F)cc2[nH]1. The summed E-state index contributed by atoms with van der Waals surface area (Å²) in [5, 5.41) is 9.05. The Morgan fingerprint density at radius 3 is 2.67 bits per heavy atom. The molecule has 1 aromatic carbocycles. The number of fused-ring (bicyclic) bond motifs is 1. The van der Waals surface area contributed by atoms with Crippen LogP contribution >= 0.6 is 0 Å². The van der Waals surface area contributed by atoms with Crippen molar-refractivity contribution in [2.45, 2.75) is 32.6 Å². The maximum atomic E-state index is 13.3. The molecule has 2 N–H and O–H groups in total. The molecule has 4 nitrogen and oxygen atoms in total. The minimum absolute atomic E-state index is 0.0987. The number of nitrogens with zero attached hydrogens (tertiary/aromatic N) is 1. The number of hydrogen-bond donors (Lipinski definition) is 2. The van der Waals surface area contributed by atoms with E-state index < -0.39 is 11.8 Å². The van der Waals surface area contributed by atoms with Gasteiger partial charge in [0.1, 0.15) is 17.2 Å². The summed E-state index contributed by atoms with van der Waals surface area (Å²) >= 11 is 0. The minimum atomic E-state index is -1.16. The molecule has 0 atom stereocenters. The molecule has 5 heteroatoms. The first-order valence-electron chi connectivity index (χ1n) is 5.99. The van der Waals surface area contributed by atoms with Crippen LogP contribution < -0.4 is 0 Å². The molecule has 0 aliphatic rings. The smallest absolute Gasteiger partial charge is 0.338 e. The van der Waals surface area contributed by atoms with Crippen LogP contribution in [0.5, 0.6) is 0 Å². The zero-order valence-corrected chi connectivity index (χ0v) is 10.3. The highest BCUT2D eigenvalue weighted by Crippen LogP contribution is 2.25. The zero-order valence-electron chi connectivity index (χ0n) is 10.3. The van der Waals surface area contributed by atoms with Gasteiger partial charge in [-0.3, -0.25) is 0 Å². The second kappa shape index (κ2) is 4.76. The van der Waals surface area contributed by atoms with E-state index in [2.05, 4.69) is 9.97 Å². The van der Waals surface area contributed by atoms with Crippen LogP contribution in [0.15, 0.2) is 12.1 Å². The average molecular weight is 250 g/mol. The molecule has 0 bridgehead atoms. The van der Waals surface area contributed by atoms with E-state index in [9.17, 15) is 9.18 Å². The number of imidazole rings is 1. The molecule has 0 aliphatic heterocycles. The second-order valence-electron chi connectivity index (χ2n) is 4.29. The molecule has 1 heterocycles. The van der Waals surface area contributed by atoms with E-state index in [1.165, 1.54) is 6.07 Å². The number of aromatic nitrogens is 2. The van der Waals surface area contributed by atoms with Crippen LogP contribution in [-0.4, -0.2) is 21.0 Å². The van der Waals surface area contributed by atoms with Gasteiger partial charge in [0, 0.05) is 5.92 Å². The largest absolute Gasteiger partial charge is 0.478 e. The Bertz CT molecular complexity index is 588. The summed E-state index contributed by atoms with van der Waals surface area (Å²) in [6.45, 7) is 4.08. The summed E-state index contributed by atoms with van der Waals surface area (Å²) in [5.74, 6) is -0.771. The third kappa shape index (κ3) is 2.08. The maximum absolute atomic E-state index is 13.3. The Labute approximate surface area is 104 Å². The van der Waals surface area contributed by atoms with Gasteiger partial charge in [0.05, 0.1) is 11.1 Å². The number of hydrogen-bond acceptors (Lipinski definition) is 2. The molecule has 0 fully saturated rings. The lowest BCUT2D eigenvalue weighted by Gasteiger charge is -2.07. The molecular weight excluding hydrogens is 235 g/mol. The molecule has 0 saturated heterocycles. The molecule has 0 amide bonds. The maximum Gasteiger partial charge on any atom is 0.338 e. The van der Waals surface area contributed by atoms with Gasteiger partial charge in [-0.2, -0.15) is 0 Å². The van der Waals surface area contributed by atoms with E-state index in [-0.39, 0.29) is 11.5 Å². The summed E-state index contributed by atoms with van der Waals surface area (Å²) in [4.78, 5) is 18.4. The van der Waals surface area contributed by atoms with Gasteiger partial charge in [-0.25, -0.2) is 14.2 Å². The highest BCUT2D eigenvalue weighted by atomic mass is 19.1. The van der Waals surface area contributed by atoms with Crippen LogP contribution in [0.3, 0.4) is 0 Å². The number of aromatic carboxylic acids is 1. The lowest BCUT2D eigenvalue weighted by molar-refractivity contribution is 0.0698. The molecule has 0 unspecified atom stereocenters. The van der Waals surface area contributed by atoms with Crippen molar-refractivity contribution >= 4 is 17.0 Å². The highest BCUT2D eigenvalue weighted by Gasteiger charge is 2.17. The van der Waals surface area contributed by atoms with Crippen LogP contribution in [0.25, 0.3) is 11.0 Å². The van der Waals surface area contributed by atoms with Gasteiger partial charge in [-0.15, -0.1) is 0 Å². The van der Waals surface area contributed by atoms with Gasteiger partial charge >= 0.3 is 5.97 Å². The van der Waals surface area contributed by atoms with Crippen molar-refractivity contribution in [2.75, 3.05) is 0 Å². The van der Waals surface area contributed by atoms with E-state index in [1.54, 1.807) is 0 Å². The molecule has 2 rings (SSSR count). The fourth-order valence-corrected chi connectivity index (χ4v) is 2.13. The molecule has 18 heavy (non-hydrogen) atoms. The van der Waals surface area contributed by atoms with Gasteiger partial charge in [0.2, 0.25) is 0 Å². The fraction of sp³-hybridized carbons (Fsp3) is 0.385. The van der Waals surface area contributed by atoms with Crippen molar-refractivity contribution in [3.05, 3.63) is 29.3 Å². The summed E-state index contributed by atoms with van der Waals surface area (Å²) in [5.41, 5.74) is 0.665. The lowest BCUT2D eigenvalue weighted by Crippen LogP contribution is -1.99.